The zero-order chi connectivity index (χ0) is 6.85. The molecule has 0 aliphatic heterocycles. The number of rotatable bonds is 0. The maximum Gasteiger partial charge on any atom is -0.00882 e. The molecule has 0 nitrogen and oxygen atoms in total. The summed E-state index contributed by atoms with van der Waals surface area (Å²) in [4.78, 5) is 0. The molecule has 1 rings (SSSR count). The molecule has 0 N–H and O–H groups in total. The van der Waals surface area contributed by atoms with Crippen molar-refractivity contribution in [1.29, 1.82) is 0 Å². The first-order valence-corrected chi connectivity index (χ1v) is 4.31. The minimum absolute atomic E-state index is 0.766. The third-order valence-electron chi connectivity index (χ3n) is 1.81. The van der Waals surface area contributed by atoms with Crippen LogP contribution in [-0.4, -0.2) is 0 Å². The van der Waals surface area contributed by atoms with E-state index in [4.69, 9.17) is 0 Å². The van der Waals surface area contributed by atoms with Crippen LogP contribution in [0.3, 0.4) is 0 Å². The van der Waals surface area contributed by atoms with Crippen molar-refractivity contribution >= 4 is 22.6 Å². The molecule has 0 aromatic rings. The molecule has 0 aromatic heterocycles. The van der Waals surface area contributed by atoms with E-state index in [0.29, 0.717) is 0 Å². The standard InChI is InChI=1S/C8H11I/c1-6-3-4-8(9)5-7(6)2/h3-4,7H,5H2,1-2H3. The first-order valence-electron chi connectivity index (χ1n) is 3.23. The molecule has 1 unspecified atom stereocenters. The third kappa shape index (κ3) is 1.81. The van der Waals surface area contributed by atoms with E-state index in [1.54, 1.807) is 0 Å². The highest BCUT2D eigenvalue weighted by Gasteiger charge is 2.08. The van der Waals surface area contributed by atoms with Crippen LogP contribution in [0.1, 0.15) is 20.3 Å². The average molecular weight is 234 g/mol. The molecular weight excluding hydrogens is 223 g/mol. The Bertz CT molecular complexity index is 165. The fourth-order valence-electron chi connectivity index (χ4n) is 0.908. The molecule has 1 heteroatoms. The lowest BCUT2D eigenvalue weighted by Gasteiger charge is -2.14. The van der Waals surface area contributed by atoms with Gasteiger partial charge in [-0.2, -0.15) is 0 Å². The van der Waals surface area contributed by atoms with Crippen molar-refractivity contribution in [2.24, 2.45) is 5.92 Å². The summed E-state index contributed by atoms with van der Waals surface area (Å²) in [6.07, 6.45) is 5.66. The van der Waals surface area contributed by atoms with Crippen molar-refractivity contribution in [1.82, 2.24) is 0 Å². The highest BCUT2D eigenvalue weighted by atomic mass is 127. The van der Waals surface area contributed by atoms with Crippen LogP contribution in [0.4, 0.5) is 0 Å². The molecule has 0 saturated heterocycles. The van der Waals surface area contributed by atoms with Gasteiger partial charge in [-0.05, 0) is 45.4 Å². The molecule has 0 bridgehead atoms. The summed E-state index contributed by atoms with van der Waals surface area (Å²) in [5.41, 5.74) is 1.51. The van der Waals surface area contributed by atoms with Crippen molar-refractivity contribution in [3.8, 4) is 0 Å². The lowest BCUT2D eigenvalue weighted by atomic mass is 9.95. The molecule has 50 valence electrons. The van der Waals surface area contributed by atoms with Gasteiger partial charge >= 0.3 is 0 Å². The van der Waals surface area contributed by atoms with Gasteiger partial charge in [-0.15, -0.1) is 0 Å². The quantitative estimate of drug-likeness (QED) is 0.564. The Morgan fingerprint density at radius 2 is 2.22 bits per heavy atom. The van der Waals surface area contributed by atoms with Crippen LogP contribution in [0.5, 0.6) is 0 Å². The van der Waals surface area contributed by atoms with Crippen LogP contribution >= 0.6 is 22.6 Å². The van der Waals surface area contributed by atoms with Gasteiger partial charge < -0.3 is 0 Å². The SMILES string of the molecule is CC1=CC=C(I)CC1C. The summed E-state index contributed by atoms with van der Waals surface area (Å²) in [7, 11) is 0. The number of allylic oxidation sites excluding steroid dienone is 4. The second-order valence-electron chi connectivity index (χ2n) is 2.63. The van der Waals surface area contributed by atoms with Gasteiger partial charge in [0.25, 0.3) is 0 Å². The molecule has 1 atom stereocenters. The fourth-order valence-corrected chi connectivity index (χ4v) is 1.75. The molecule has 0 amide bonds. The van der Waals surface area contributed by atoms with Gasteiger partial charge in [-0.3, -0.25) is 0 Å². The van der Waals surface area contributed by atoms with E-state index in [9.17, 15) is 0 Å². The second-order valence-corrected chi connectivity index (χ2v) is 4.01. The summed E-state index contributed by atoms with van der Waals surface area (Å²) in [5, 5.41) is 0. The van der Waals surface area contributed by atoms with E-state index in [1.165, 1.54) is 15.6 Å². The Morgan fingerprint density at radius 1 is 1.56 bits per heavy atom. The van der Waals surface area contributed by atoms with Crippen molar-refractivity contribution in [2.75, 3.05) is 0 Å². The van der Waals surface area contributed by atoms with Gasteiger partial charge in [0.1, 0.15) is 0 Å². The van der Waals surface area contributed by atoms with E-state index in [-0.39, 0.29) is 0 Å². The number of halogens is 1. The average Bonchev–Trinajstić information content (AvgIpc) is 1.80. The van der Waals surface area contributed by atoms with Gasteiger partial charge in [-0.25, -0.2) is 0 Å². The van der Waals surface area contributed by atoms with Gasteiger partial charge in [0, 0.05) is 0 Å². The van der Waals surface area contributed by atoms with E-state index in [1.807, 2.05) is 0 Å². The van der Waals surface area contributed by atoms with Gasteiger partial charge in [0.15, 0.2) is 0 Å². The zero-order valence-electron chi connectivity index (χ0n) is 5.82. The third-order valence-corrected chi connectivity index (χ3v) is 2.61. The Balaban J connectivity index is 2.74. The van der Waals surface area contributed by atoms with Crippen molar-refractivity contribution in [3.05, 3.63) is 21.3 Å². The van der Waals surface area contributed by atoms with Gasteiger partial charge in [-0.1, -0.05) is 24.6 Å². The number of hydrogen-bond donors (Lipinski definition) is 0. The lowest BCUT2D eigenvalue weighted by Crippen LogP contribution is -1.99. The van der Waals surface area contributed by atoms with Crippen LogP contribution in [0.25, 0.3) is 0 Å². The molecule has 0 saturated carbocycles. The smallest absolute Gasteiger partial charge is 0.00882 e. The Labute approximate surface area is 70.2 Å². The van der Waals surface area contributed by atoms with Crippen LogP contribution in [-0.2, 0) is 0 Å². The van der Waals surface area contributed by atoms with Crippen molar-refractivity contribution in [2.45, 2.75) is 20.3 Å². The molecule has 0 fully saturated rings. The predicted molar refractivity (Wildman–Crippen MR) is 49.6 cm³/mol. The molecule has 9 heavy (non-hydrogen) atoms. The Morgan fingerprint density at radius 3 is 2.67 bits per heavy atom. The van der Waals surface area contributed by atoms with Crippen LogP contribution < -0.4 is 0 Å². The van der Waals surface area contributed by atoms with Crippen LogP contribution in [0.15, 0.2) is 21.3 Å². The van der Waals surface area contributed by atoms with Crippen LogP contribution in [0, 0.1) is 5.92 Å². The van der Waals surface area contributed by atoms with E-state index >= 15 is 0 Å². The first-order chi connectivity index (χ1) is 4.20. The van der Waals surface area contributed by atoms with E-state index < -0.39 is 0 Å². The first kappa shape index (κ1) is 7.32. The molecule has 0 radical (unpaired) electrons. The highest BCUT2D eigenvalue weighted by molar-refractivity contribution is 14.1. The maximum absolute atomic E-state index is 2.40. The van der Waals surface area contributed by atoms with E-state index in [2.05, 4.69) is 48.6 Å². The Hall–Kier alpha value is 0.210. The summed E-state index contributed by atoms with van der Waals surface area (Å²) in [6.45, 7) is 4.47. The molecule has 1 aliphatic carbocycles. The molecule has 0 heterocycles. The predicted octanol–water partition coefficient (Wildman–Crippen LogP) is 3.29. The summed E-state index contributed by atoms with van der Waals surface area (Å²) >= 11 is 2.40. The Kier molecular flexibility index (Phi) is 2.33. The summed E-state index contributed by atoms with van der Waals surface area (Å²) in [5.74, 6) is 0.766. The molecule has 0 spiro atoms. The van der Waals surface area contributed by atoms with Crippen molar-refractivity contribution < 1.29 is 0 Å². The second kappa shape index (κ2) is 2.86. The fraction of sp³-hybridized carbons (Fsp3) is 0.500. The summed E-state index contributed by atoms with van der Waals surface area (Å²) < 4.78 is 1.48. The normalized spacial score (nSPS) is 27.2. The van der Waals surface area contributed by atoms with Gasteiger partial charge in [0.05, 0.1) is 0 Å². The largest absolute Gasteiger partial charge is 0.0701 e. The minimum Gasteiger partial charge on any atom is -0.0701 e. The van der Waals surface area contributed by atoms with Crippen LogP contribution in [0.2, 0.25) is 0 Å². The molecule has 0 aromatic carbocycles. The highest BCUT2D eigenvalue weighted by Crippen LogP contribution is 2.27. The monoisotopic (exact) mass is 234 g/mol. The maximum atomic E-state index is 2.40. The molecular formula is C8H11I. The minimum atomic E-state index is 0.766. The topological polar surface area (TPSA) is 0 Å². The zero-order valence-corrected chi connectivity index (χ0v) is 7.97. The van der Waals surface area contributed by atoms with Gasteiger partial charge in [0.2, 0.25) is 0 Å². The molecule has 1 aliphatic rings. The van der Waals surface area contributed by atoms with Crippen molar-refractivity contribution in [3.63, 3.8) is 0 Å². The number of hydrogen-bond acceptors (Lipinski definition) is 0. The summed E-state index contributed by atoms with van der Waals surface area (Å²) in [6, 6.07) is 0. The van der Waals surface area contributed by atoms with E-state index in [0.717, 1.165) is 5.92 Å². The lowest BCUT2D eigenvalue weighted by molar-refractivity contribution is 0.684.